The molecule has 0 aromatic carbocycles. The minimum Gasteiger partial charge on any atom is -0.347 e. The Morgan fingerprint density at radius 1 is 1.03 bits per heavy atom. The summed E-state index contributed by atoms with van der Waals surface area (Å²) in [5, 5.41) is 13.1. The lowest BCUT2D eigenvalue weighted by atomic mass is 10.1. The van der Waals surface area contributed by atoms with E-state index < -0.39 is 0 Å². The van der Waals surface area contributed by atoms with Gasteiger partial charge in [0.2, 0.25) is 0 Å². The maximum absolute atomic E-state index is 12.7. The van der Waals surface area contributed by atoms with E-state index in [1.807, 2.05) is 43.3 Å². The highest BCUT2D eigenvalue weighted by molar-refractivity contribution is 5.92. The maximum atomic E-state index is 12.7. The molecule has 188 valence electrons. The molecular weight excluding hydrogens is 480 g/mol. The summed E-state index contributed by atoms with van der Waals surface area (Å²) in [5.41, 5.74) is 5.15. The number of nitrogens with one attached hydrogen (secondary N) is 3. The first kappa shape index (κ1) is 24.4. The molecule has 0 aliphatic carbocycles. The van der Waals surface area contributed by atoms with Gasteiger partial charge >= 0.3 is 0 Å². The van der Waals surface area contributed by atoms with E-state index in [1.165, 1.54) is 0 Å². The van der Waals surface area contributed by atoms with E-state index in [1.54, 1.807) is 36.9 Å². The van der Waals surface area contributed by atoms with Crippen molar-refractivity contribution in [3.8, 4) is 22.6 Å². The van der Waals surface area contributed by atoms with Crippen LogP contribution in [-0.4, -0.2) is 47.7 Å². The summed E-state index contributed by atoms with van der Waals surface area (Å²) < 4.78 is 0. The molecule has 5 rings (SSSR count). The summed E-state index contributed by atoms with van der Waals surface area (Å²) in [4.78, 5) is 38.5. The molecule has 11 heteroatoms. The average molecular weight is 505 g/mol. The summed E-state index contributed by atoms with van der Waals surface area (Å²) in [6, 6.07) is 14.7. The molecule has 11 nitrogen and oxygen atoms in total. The van der Waals surface area contributed by atoms with Gasteiger partial charge in [0.05, 0.1) is 17.9 Å². The number of aryl methyl sites for hydroxylation is 1. The van der Waals surface area contributed by atoms with Gasteiger partial charge < -0.3 is 10.6 Å². The number of amides is 1. The Balaban J connectivity index is 1.22. The van der Waals surface area contributed by atoms with Crippen LogP contribution in [0.2, 0.25) is 0 Å². The first-order valence-corrected chi connectivity index (χ1v) is 11.8. The van der Waals surface area contributed by atoms with Crippen LogP contribution in [0.4, 0.5) is 11.6 Å². The van der Waals surface area contributed by atoms with E-state index in [2.05, 4.69) is 57.5 Å². The largest absolute Gasteiger partial charge is 0.347 e. The fourth-order valence-corrected chi connectivity index (χ4v) is 3.67. The molecule has 3 N–H and O–H groups in total. The number of aliphatic imine (C=N–C) groups is 1. The van der Waals surface area contributed by atoms with Gasteiger partial charge in [0.15, 0.2) is 5.82 Å². The molecule has 5 heterocycles. The van der Waals surface area contributed by atoms with Crippen LogP contribution in [0.15, 0.2) is 78.3 Å². The Morgan fingerprint density at radius 3 is 2.68 bits per heavy atom. The Kier molecular flexibility index (Phi) is 7.16. The second-order valence-electron chi connectivity index (χ2n) is 8.41. The molecule has 1 amide bonds. The van der Waals surface area contributed by atoms with Gasteiger partial charge in [-0.3, -0.25) is 29.8 Å². The minimum absolute atomic E-state index is 0.288. The first-order chi connectivity index (χ1) is 18.6. The molecule has 0 aliphatic rings. The van der Waals surface area contributed by atoms with Crippen molar-refractivity contribution in [2.24, 2.45) is 4.99 Å². The predicted molar refractivity (Wildman–Crippen MR) is 144 cm³/mol. The van der Waals surface area contributed by atoms with Gasteiger partial charge in [0.25, 0.3) is 5.91 Å². The zero-order valence-corrected chi connectivity index (χ0v) is 20.6. The van der Waals surface area contributed by atoms with Gasteiger partial charge in [-0.2, -0.15) is 5.10 Å². The lowest BCUT2D eigenvalue weighted by molar-refractivity contribution is 0.0946. The minimum atomic E-state index is -0.288. The van der Waals surface area contributed by atoms with E-state index in [0.29, 0.717) is 41.8 Å². The van der Waals surface area contributed by atoms with Crippen molar-refractivity contribution in [3.63, 3.8) is 0 Å². The van der Waals surface area contributed by atoms with E-state index in [9.17, 15) is 4.79 Å². The highest BCUT2D eigenvalue weighted by Crippen LogP contribution is 2.20. The molecule has 0 unspecified atom stereocenters. The van der Waals surface area contributed by atoms with Crippen molar-refractivity contribution >= 4 is 24.3 Å². The van der Waals surface area contributed by atoms with E-state index in [-0.39, 0.29) is 5.91 Å². The Labute approximate surface area is 218 Å². The molecule has 38 heavy (non-hydrogen) atoms. The molecule has 0 saturated carbocycles. The normalized spacial score (nSPS) is 10.7. The number of carbonyl (C=O) groups is 1. The van der Waals surface area contributed by atoms with Crippen molar-refractivity contribution in [2.45, 2.75) is 20.0 Å². The zero-order chi connectivity index (χ0) is 26.3. The average Bonchev–Trinajstić information content (AvgIpc) is 3.39. The van der Waals surface area contributed by atoms with Crippen molar-refractivity contribution < 1.29 is 4.79 Å². The van der Waals surface area contributed by atoms with Gasteiger partial charge in [-0.05, 0) is 49.5 Å². The standard InChI is InChI=1S/C27H24N10O/c1-17-10-24(34-25-11-21(16-28-2)36-37-25)35-26(33-17)20-6-8-23(31-15-20)27(38)32-13-18-5-7-22(30-12-18)19-4-3-9-29-14-19/h3-12,14-15H,2,13,16H2,1H3,(H,32,38)(H2,33,34,35,36,37). The molecular formula is C27H24N10O. The Morgan fingerprint density at radius 2 is 1.95 bits per heavy atom. The van der Waals surface area contributed by atoms with Crippen molar-refractivity contribution in [1.82, 2.24) is 40.4 Å². The van der Waals surface area contributed by atoms with Crippen molar-refractivity contribution in [2.75, 3.05) is 5.32 Å². The first-order valence-electron chi connectivity index (χ1n) is 11.8. The van der Waals surface area contributed by atoms with E-state index in [4.69, 9.17) is 0 Å². The fourth-order valence-electron chi connectivity index (χ4n) is 3.67. The van der Waals surface area contributed by atoms with Crippen LogP contribution >= 0.6 is 0 Å². The topological polar surface area (TPSA) is 147 Å². The molecule has 0 saturated heterocycles. The zero-order valence-electron chi connectivity index (χ0n) is 20.6. The van der Waals surface area contributed by atoms with Gasteiger partial charge in [-0.15, -0.1) is 0 Å². The molecule has 5 aromatic rings. The number of anilines is 2. The van der Waals surface area contributed by atoms with Crippen molar-refractivity contribution in [3.05, 3.63) is 96.0 Å². The lowest BCUT2D eigenvalue weighted by Crippen LogP contribution is -2.23. The summed E-state index contributed by atoms with van der Waals surface area (Å²) in [6.45, 7) is 6.11. The monoisotopic (exact) mass is 504 g/mol. The predicted octanol–water partition coefficient (Wildman–Crippen LogP) is 3.90. The summed E-state index contributed by atoms with van der Waals surface area (Å²) in [5.74, 6) is 1.47. The van der Waals surface area contributed by atoms with Crippen LogP contribution in [0.3, 0.4) is 0 Å². The number of pyridine rings is 3. The van der Waals surface area contributed by atoms with E-state index >= 15 is 0 Å². The number of aromatic nitrogens is 7. The Bertz CT molecular complexity index is 1550. The molecule has 0 spiro atoms. The third-order valence-corrected chi connectivity index (χ3v) is 5.51. The molecule has 5 aromatic heterocycles. The van der Waals surface area contributed by atoms with Gasteiger partial charge in [-0.1, -0.05) is 6.07 Å². The smallest absolute Gasteiger partial charge is 0.270 e. The molecule has 0 radical (unpaired) electrons. The van der Waals surface area contributed by atoms with E-state index in [0.717, 1.165) is 28.2 Å². The molecule has 0 fully saturated rings. The number of hydrogen-bond donors (Lipinski definition) is 3. The third kappa shape index (κ3) is 5.90. The van der Waals surface area contributed by atoms with Gasteiger partial charge in [0, 0.05) is 60.3 Å². The fraction of sp³-hybridized carbons (Fsp3) is 0.111. The maximum Gasteiger partial charge on any atom is 0.270 e. The highest BCUT2D eigenvalue weighted by atomic mass is 16.1. The number of H-pyrrole nitrogens is 1. The SMILES string of the molecule is C=NCc1cc(Nc2cc(C)nc(-c3ccc(C(=O)NCc4ccc(-c5cccnc5)nc4)nc3)n2)[nH]n1. The Hall–Kier alpha value is -5.32. The number of aromatic amines is 1. The van der Waals surface area contributed by atoms with Crippen LogP contribution in [0.25, 0.3) is 22.6 Å². The summed E-state index contributed by atoms with van der Waals surface area (Å²) >= 11 is 0. The molecule has 0 bridgehead atoms. The van der Waals surface area contributed by atoms with Crippen molar-refractivity contribution in [1.29, 1.82) is 0 Å². The van der Waals surface area contributed by atoms with Crippen LogP contribution in [-0.2, 0) is 13.1 Å². The second kappa shape index (κ2) is 11.2. The van der Waals surface area contributed by atoms with Crippen LogP contribution < -0.4 is 10.6 Å². The van der Waals surface area contributed by atoms with Crippen LogP contribution in [0.5, 0.6) is 0 Å². The summed E-state index contributed by atoms with van der Waals surface area (Å²) in [7, 11) is 0. The number of nitrogens with zero attached hydrogens (tertiary/aromatic N) is 7. The summed E-state index contributed by atoms with van der Waals surface area (Å²) in [6.07, 6.45) is 6.80. The van der Waals surface area contributed by atoms with Gasteiger partial charge in [-0.25, -0.2) is 9.97 Å². The quantitative estimate of drug-likeness (QED) is 0.256. The molecule has 0 atom stereocenters. The highest BCUT2D eigenvalue weighted by Gasteiger charge is 2.11. The molecule has 0 aliphatic heterocycles. The number of carbonyl (C=O) groups excluding carboxylic acids is 1. The van der Waals surface area contributed by atoms with Crippen LogP contribution in [0, 0.1) is 6.92 Å². The van der Waals surface area contributed by atoms with Crippen LogP contribution in [0.1, 0.15) is 27.4 Å². The third-order valence-electron chi connectivity index (χ3n) is 5.51. The lowest BCUT2D eigenvalue weighted by Gasteiger charge is -2.08. The number of hydrogen-bond acceptors (Lipinski definition) is 9. The van der Waals surface area contributed by atoms with Gasteiger partial charge in [0.1, 0.15) is 17.3 Å². The second-order valence-corrected chi connectivity index (χ2v) is 8.41. The number of rotatable bonds is 9.